The maximum atomic E-state index is 10.9. The third kappa shape index (κ3) is 3.99. The number of benzene rings is 2. The van der Waals surface area contributed by atoms with Gasteiger partial charge in [0.2, 0.25) is 6.29 Å². The van der Waals surface area contributed by atoms with Gasteiger partial charge < -0.3 is 19.7 Å². The molecule has 0 heterocycles. The normalized spacial score (nSPS) is 11.5. The van der Waals surface area contributed by atoms with E-state index in [0.29, 0.717) is 11.5 Å². The van der Waals surface area contributed by atoms with Crippen LogP contribution in [0.4, 0.5) is 0 Å². The fraction of sp³-hybridized carbons (Fsp3) is 0.125. The first-order valence-corrected chi connectivity index (χ1v) is 6.46. The van der Waals surface area contributed by atoms with E-state index in [2.05, 4.69) is 0 Å². The number of aromatic carboxylic acids is 2. The van der Waals surface area contributed by atoms with Gasteiger partial charge in [-0.1, -0.05) is 6.07 Å². The molecule has 0 aliphatic rings. The lowest BCUT2D eigenvalue weighted by atomic mass is 10.2. The van der Waals surface area contributed by atoms with Crippen molar-refractivity contribution in [3.05, 3.63) is 59.7 Å². The minimum atomic E-state index is -1.04. The van der Waals surface area contributed by atoms with Crippen LogP contribution >= 0.6 is 0 Å². The van der Waals surface area contributed by atoms with E-state index >= 15 is 0 Å². The zero-order valence-corrected chi connectivity index (χ0v) is 11.7. The second kappa shape index (κ2) is 6.62. The summed E-state index contributed by atoms with van der Waals surface area (Å²) in [5.41, 5.74) is 0.283. The molecule has 0 aliphatic carbocycles. The molecule has 0 aliphatic heterocycles. The molecule has 0 aromatic heterocycles. The van der Waals surface area contributed by atoms with Crippen LogP contribution in [0.25, 0.3) is 0 Å². The summed E-state index contributed by atoms with van der Waals surface area (Å²) < 4.78 is 11.0. The first-order valence-electron chi connectivity index (χ1n) is 6.46. The lowest BCUT2D eigenvalue weighted by Gasteiger charge is -2.16. The van der Waals surface area contributed by atoms with Crippen molar-refractivity contribution in [2.24, 2.45) is 0 Å². The Morgan fingerprint density at radius 2 is 1.45 bits per heavy atom. The fourth-order valence-corrected chi connectivity index (χ4v) is 1.79. The molecule has 0 saturated heterocycles. The molecule has 0 spiro atoms. The molecule has 2 aromatic carbocycles. The molecule has 22 heavy (non-hydrogen) atoms. The van der Waals surface area contributed by atoms with Gasteiger partial charge in [-0.2, -0.15) is 0 Å². The number of ether oxygens (including phenoxy) is 2. The third-order valence-electron chi connectivity index (χ3n) is 2.79. The van der Waals surface area contributed by atoms with E-state index in [1.807, 2.05) is 0 Å². The molecule has 0 saturated carbocycles. The predicted molar refractivity (Wildman–Crippen MR) is 77.5 cm³/mol. The monoisotopic (exact) mass is 302 g/mol. The molecule has 1 unspecified atom stereocenters. The molecule has 2 aromatic rings. The number of carboxylic acids is 2. The van der Waals surface area contributed by atoms with Crippen LogP contribution in [-0.2, 0) is 0 Å². The van der Waals surface area contributed by atoms with E-state index in [1.165, 1.54) is 36.4 Å². The summed E-state index contributed by atoms with van der Waals surface area (Å²) in [6.07, 6.45) is -0.667. The second-order valence-electron chi connectivity index (χ2n) is 4.47. The SMILES string of the molecule is CC(Oc1ccc(C(=O)O)cc1)Oc1cccc(C(=O)O)c1. The lowest BCUT2D eigenvalue weighted by Crippen LogP contribution is -2.19. The van der Waals surface area contributed by atoms with Crippen LogP contribution in [-0.4, -0.2) is 28.4 Å². The molecular formula is C16H14O6. The minimum Gasteiger partial charge on any atom is -0.478 e. The van der Waals surface area contributed by atoms with Crippen LogP contribution in [0.5, 0.6) is 11.5 Å². The van der Waals surface area contributed by atoms with Crippen molar-refractivity contribution >= 4 is 11.9 Å². The quantitative estimate of drug-likeness (QED) is 0.797. The number of rotatable bonds is 6. The van der Waals surface area contributed by atoms with Crippen molar-refractivity contribution < 1.29 is 29.3 Å². The Morgan fingerprint density at radius 1 is 0.864 bits per heavy atom. The molecule has 2 rings (SSSR count). The first kappa shape index (κ1) is 15.4. The van der Waals surface area contributed by atoms with Gasteiger partial charge in [-0.25, -0.2) is 9.59 Å². The standard InChI is InChI=1S/C16H14O6/c1-10(21-13-7-5-11(6-8-13)15(17)18)22-14-4-2-3-12(9-14)16(19)20/h2-10H,1H3,(H,17,18)(H,19,20). The van der Waals surface area contributed by atoms with E-state index in [4.69, 9.17) is 19.7 Å². The first-order chi connectivity index (χ1) is 10.5. The fourth-order valence-electron chi connectivity index (χ4n) is 1.79. The van der Waals surface area contributed by atoms with Gasteiger partial charge in [0.1, 0.15) is 11.5 Å². The van der Waals surface area contributed by atoms with Crippen molar-refractivity contribution in [2.75, 3.05) is 0 Å². The third-order valence-corrected chi connectivity index (χ3v) is 2.79. The summed E-state index contributed by atoms with van der Waals surface area (Å²) >= 11 is 0. The summed E-state index contributed by atoms with van der Waals surface area (Å²) in [7, 11) is 0. The Labute approximate surface area is 126 Å². The smallest absolute Gasteiger partial charge is 0.335 e. The van der Waals surface area contributed by atoms with Crippen LogP contribution in [0, 0.1) is 0 Å². The Kier molecular flexibility index (Phi) is 4.63. The van der Waals surface area contributed by atoms with Gasteiger partial charge in [0, 0.05) is 6.92 Å². The summed E-state index contributed by atoms with van der Waals surface area (Å²) in [5, 5.41) is 17.7. The highest BCUT2D eigenvalue weighted by atomic mass is 16.7. The van der Waals surface area contributed by atoms with E-state index in [1.54, 1.807) is 19.1 Å². The molecule has 0 radical (unpaired) electrons. The van der Waals surface area contributed by atoms with Gasteiger partial charge in [-0.05, 0) is 42.5 Å². The molecule has 6 heteroatoms. The van der Waals surface area contributed by atoms with Gasteiger partial charge in [-0.3, -0.25) is 0 Å². The van der Waals surface area contributed by atoms with Gasteiger partial charge in [0.25, 0.3) is 0 Å². The number of carboxylic acid groups (broad SMARTS) is 2. The van der Waals surface area contributed by atoms with Crippen LogP contribution in [0.2, 0.25) is 0 Å². The van der Waals surface area contributed by atoms with Gasteiger partial charge in [-0.15, -0.1) is 0 Å². The highest BCUT2D eigenvalue weighted by molar-refractivity contribution is 5.88. The molecule has 6 nitrogen and oxygen atoms in total. The summed E-state index contributed by atoms with van der Waals surface area (Å²) in [4.78, 5) is 21.6. The van der Waals surface area contributed by atoms with Crippen LogP contribution in [0.15, 0.2) is 48.5 Å². The highest BCUT2D eigenvalue weighted by Gasteiger charge is 2.09. The average Bonchev–Trinajstić information content (AvgIpc) is 2.47. The van der Waals surface area contributed by atoms with E-state index in [-0.39, 0.29) is 11.1 Å². The van der Waals surface area contributed by atoms with Crippen LogP contribution in [0.1, 0.15) is 27.6 Å². The van der Waals surface area contributed by atoms with Crippen LogP contribution < -0.4 is 9.47 Å². The molecule has 114 valence electrons. The molecule has 0 fully saturated rings. The Morgan fingerprint density at radius 3 is 2.05 bits per heavy atom. The maximum absolute atomic E-state index is 10.9. The van der Waals surface area contributed by atoms with Crippen molar-refractivity contribution in [1.29, 1.82) is 0 Å². The van der Waals surface area contributed by atoms with E-state index in [0.717, 1.165) is 0 Å². The number of carbonyl (C=O) groups is 2. The maximum Gasteiger partial charge on any atom is 0.335 e. The number of hydrogen-bond acceptors (Lipinski definition) is 4. The van der Waals surface area contributed by atoms with E-state index in [9.17, 15) is 9.59 Å². The summed E-state index contributed by atoms with van der Waals surface area (Å²) in [6, 6.07) is 12.0. The molecule has 2 N–H and O–H groups in total. The number of hydrogen-bond donors (Lipinski definition) is 2. The van der Waals surface area contributed by atoms with Crippen LogP contribution in [0.3, 0.4) is 0 Å². The van der Waals surface area contributed by atoms with Crippen molar-refractivity contribution in [3.63, 3.8) is 0 Å². The Bertz CT molecular complexity index is 677. The Hall–Kier alpha value is -3.02. The van der Waals surface area contributed by atoms with Crippen molar-refractivity contribution in [2.45, 2.75) is 13.2 Å². The predicted octanol–water partition coefficient (Wildman–Crippen LogP) is 2.89. The Balaban J connectivity index is 2.00. The molecule has 0 amide bonds. The molecule has 1 atom stereocenters. The highest BCUT2D eigenvalue weighted by Crippen LogP contribution is 2.18. The van der Waals surface area contributed by atoms with Gasteiger partial charge in [0.05, 0.1) is 11.1 Å². The zero-order chi connectivity index (χ0) is 16.1. The van der Waals surface area contributed by atoms with Crippen molar-refractivity contribution in [1.82, 2.24) is 0 Å². The average molecular weight is 302 g/mol. The largest absolute Gasteiger partial charge is 0.478 e. The molecular weight excluding hydrogens is 288 g/mol. The lowest BCUT2D eigenvalue weighted by molar-refractivity contribution is 0.0221. The molecule has 0 bridgehead atoms. The van der Waals surface area contributed by atoms with E-state index < -0.39 is 18.2 Å². The van der Waals surface area contributed by atoms with Crippen molar-refractivity contribution in [3.8, 4) is 11.5 Å². The topological polar surface area (TPSA) is 93.1 Å². The second-order valence-corrected chi connectivity index (χ2v) is 4.47. The van der Waals surface area contributed by atoms with Gasteiger partial charge in [0.15, 0.2) is 0 Å². The summed E-state index contributed by atoms with van der Waals surface area (Å²) in [5.74, 6) is -1.23. The zero-order valence-electron chi connectivity index (χ0n) is 11.7. The van der Waals surface area contributed by atoms with Gasteiger partial charge >= 0.3 is 11.9 Å². The summed E-state index contributed by atoms with van der Waals surface area (Å²) in [6.45, 7) is 1.65. The minimum absolute atomic E-state index is 0.121.